The van der Waals surface area contributed by atoms with Crippen LogP contribution in [0.4, 0.5) is 0 Å². The van der Waals surface area contributed by atoms with Crippen molar-refractivity contribution in [3.8, 4) is 5.75 Å². The third-order valence-electron chi connectivity index (χ3n) is 11.0. The molecule has 1 aromatic rings. The summed E-state index contributed by atoms with van der Waals surface area (Å²) < 4.78 is 0. The lowest BCUT2D eigenvalue weighted by Gasteiger charge is -2.60. The minimum absolute atomic E-state index is 0.0609. The SMILES string of the molecule is CC(C)C(NC(=O)C1(c2cc(C(C)(C)C)c(O)c(C(C)(C)C)c2)CCCCC1)N1CC(=O)NC2(CCCCC2)C1(C)C. The Kier molecular flexibility index (Phi) is 8.95. The van der Waals surface area contributed by atoms with Gasteiger partial charge in [0.15, 0.2) is 0 Å². The van der Waals surface area contributed by atoms with Gasteiger partial charge in [0.2, 0.25) is 11.8 Å². The number of amides is 2. The summed E-state index contributed by atoms with van der Waals surface area (Å²) in [5.74, 6) is 0.594. The first-order chi connectivity index (χ1) is 19.4. The average molecular weight is 582 g/mol. The lowest BCUT2D eigenvalue weighted by molar-refractivity contribution is -0.149. The standard InChI is InChI=1S/C36H59N3O3/c1-24(2)30(39-23-28(40)38-36(34(39,9)10)19-15-12-16-20-36)37-31(42)35(17-13-11-14-18-35)25-21-26(32(3,4)5)29(41)27(22-25)33(6,7)8/h21-22,24,30,41H,11-20,23H2,1-10H3,(H,37,42)(H,38,40). The van der Waals surface area contributed by atoms with Crippen molar-refractivity contribution in [2.45, 2.75) is 167 Å². The van der Waals surface area contributed by atoms with Gasteiger partial charge in [-0.3, -0.25) is 14.5 Å². The van der Waals surface area contributed by atoms with E-state index < -0.39 is 5.41 Å². The number of nitrogens with zero attached hydrogens (tertiary/aromatic N) is 1. The molecular formula is C36H59N3O3. The van der Waals surface area contributed by atoms with E-state index in [1.54, 1.807) is 0 Å². The molecule has 6 heteroatoms. The number of phenols is 1. The van der Waals surface area contributed by atoms with Crippen LogP contribution < -0.4 is 10.6 Å². The summed E-state index contributed by atoms with van der Waals surface area (Å²) in [4.78, 5) is 30.4. The molecule has 0 aromatic heterocycles. The van der Waals surface area contributed by atoms with Crippen LogP contribution in [-0.4, -0.2) is 45.6 Å². The topological polar surface area (TPSA) is 81.7 Å². The number of aromatic hydroxyl groups is 1. The Hall–Kier alpha value is -2.08. The molecule has 236 valence electrons. The molecule has 3 N–H and O–H groups in total. The molecular weight excluding hydrogens is 522 g/mol. The fraction of sp³-hybridized carbons (Fsp3) is 0.778. The number of hydrogen-bond donors (Lipinski definition) is 3. The molecule has 0 bridgehead atoms. The summed E-state index contributed by atoms with van der Waals surface area (Å²) in [5, 5.41) is 18.4. The van der Waals surface area contributed by atoms with Crippen molar-refractivity contribution >= 4 is 11.8 Å². The zero-order valence-electron chi connectivity index (χ0n) is 28.3. The number of hydrogen-bond acceptors (Lipinski definition) is 4. The van der Waals surface area contributed by atoms with Crippen LogP contribution in [0, 0.1) is 5.92 Å². The Bertz CT molecular complexity index is 1120. The van der Waals surface area contributed by atoms with Gasteiger partial charge in [0.25, 0.3) is 0 Å². The van der Waals surface area contributed by atoms with E-state index in [1.165, 1.54) is 6.42 Å². The molecule has 42 heavy (non-hydrogen) atoms. The summed E-state index contributed by atoms with van der Waals surface area (Å²) in [7, 11) is 0. The molecule has 1 aromatic carbocycles. The Morgan fingerprint density at radius 1 is 0.881 bits per heavy atom. The van der Waals surface area contributed by atoms with Crippen LogP contribution in [0.15, 0.2) is 12.1 Å². The summed E-state index contributed by atoms with van der Waals surface area (Å²) in [6, 6.07) is 4.24. The molecule has 2 saturated carbocycles. The van der Waals surface area contributed by atoms with Gasteiger partial charge in [0, 0.05) is 5.54 Å². The van der Waals surface area contributed by atoms with E-state index in [1.807, 2.05) is 0 Å². The fourth-order valence-electron chi connectivity index (χ4n) is 8.16. The minimum Gasteiger partial charge on any atom is -0.507 e. The monoisotopic (exact) mass is 581 g/mol. The average Bonchev–Trinajstić information content (AvgIpc) is 2.89. The van der Waals surface area contributed by atoms with Crippen molar-refractivity contribution in [2.24, 2.45) is 5.92 Å². The number of nitrogens with one attached hydrogen (secondary N) is 2. The van der Waals surface area contributed by atoms with Crippen LogP contribution in [0.2, 0.25) is 0 Å². The number of benzene rings is 1. The van der Waals surface area contributed by atoms with Crippen LogP contribution in [0.25, 0.3) is 0 Å². The van der Waals surface area contributed by atoms with Gasteiger partial charge in [-0.1, -0.05) is 106 Å². The van der Waals surface area contributed by atoms with Crippen molar-refractivity contribution < 1.29 is 14.7 Å². The minimum atomic E-state index is -0.677. The number of rotatable bonds is 5. The fourth-order valence-corrected chi connectivity index (χ4v) is 8.16. The van der Waals surface area contributed by atoms with Crippen molar-refractivity contribution in [3.05, 3.63) is 28.8 Å². The highest BCUT2D eigenvalue weighted by Crippen LogP contribution is 2.47. The van der Waals surface area contributed by atoms with E-state index in [0.717, 1.165) is 74.5 Å². The molecule has 6 nitrogen and oxygen atoms in total. The molecule has 1 unspecified atom stereocenters. The van der Waals surface area contributed by atoms with E-state index in [-0.39, 0.29) is 52.4 Å². The third kappa shape index (κ3) is 5.86. The van der Waals surface area contributed by atoms with Gasteiger partial charge in [0.1, 0.15) is 5.75 Å². The normalized spacial score (nSPS) is 23.5. The Labute approximate surface area is 255 Å². The number of carbonyl (C=O) groups excluding carboxylic acids is 2. The lowest BCUT2D eigenvalue weighted by Crippen LogP contribution is -2.78. The largest absolute Gasteiger partial charge is 0.507 e. The van der Waals surface area contributed by atoms with Gasteiger partial charge in [-0.05, 0) is 73.0 Å². The van der Waals surface area contributed by atoms with Gasteiger partial charge >= 0.3 is 0 Å². The van der Waals surface area contributed by atoms with Crippen LogP contribution >= 0.6 is 0 Å². The molecule has 2 aliphatic carbocycles. The van der Waals surface area contributed by atoms with Gasteiger partial charge in [-0.2, -0.15) is 0 Å². The quantitative estimate of drug-likeness (QED) is 0.343. The molecule has 1 heterocycles. The molecule has 3 fully saturated rings. The van der Waals surface area contributed by atoms with E-state index in [9.17, 15) is 14.7 Å². The van der Waals surface area contributed by atoms with Crippen molar-refractivity contribution in [1.82, 2.24) is 15.5 Å². The van der Waals surface area contributed by atoms with Crippen LogP contribution in [0.5, 0.6) is 5.75 Å². The predicted octanol–water partition coefficient (Wildman–Crippen LogP) is 7.20. The maximum Gasteiger partial charge on any atom is 0.234 e. The lowest BCUT2D eigenvalue weighted by atomic mass is 9.65. The van der Waals surface area contributed by atoms with Crippen molar-refractivity contribution in [2.75, 3.05) is 6.54 Å². The summed E-state index contributed by atoms with van der Waals surface area (Å²) in [6.45, 7) is 21.9. The molecule has 1 spiro atoms. The summed E-state index contributed by atoms with van der Waals surface area (Å²) in [6.07, 6.45) is 9.82. The predicted molar refractivity (Wildman–Crippen MR) is 172 cm³/mol. The first kappa shape index (κ1) is 32.8. The van der Waals surface area contributed by atoms with E-state index in [0.29, 0.717) is 5.75 Å². The molecule has 0 radical (unpaired) electrons. The van der Waals surface area contributed by atoms with Crippen LogP contribution in [0.3, 0.4) is 0 Å². The van der Waals surface area contributed by atoms with Crippen molar-refractivity contribution in [1.29, 1.82) is 0 Å². The van der Waals surface area contributed by atoms with Crippen molar-refractivity contribution in [3.63, 3.8) is 0 Å². The third-order valence-corrected chi connectivity index (χ3v) is 11.0. The molecule has 4 rings (SSSR count). The van der Waals surface area contributed by atoms with Crippen LogP contribution in [-0.2, 0) is 25.8 Å². The van der Waals surface area contributed by atoms with Crippen LogP contribution in [0.1, 0.15) is 150 Å². The number of carbonyl (C=O) groups is 2. The first-order valence-corrected chi connectivity index (χ1v) is 16.6. The second kappa shape index (κ2) is 11.4. The Morgan fingerprint density at radius 2 is 1.36 bits per heavy atom. The highest BCUT2D eigenvalue weighted by molar-refractivity contribution is 5.89. The molecule has 3 aliphatic rings. The summed E-state index contributed by atoms with van der Waals surface area (Å²) >= 11 is 0. The molecule has 2 amide bonds. The smallest absolute Gasteiger partial charge is 0.234 e. The molecule has 1 aliphatic heterocycles. The van der Waals surface area contributed by atoms with E-state index in [2.05, 4.69) is 96.9 Å². The number of phenolic OH excluding ortho intramolecular Hbond substituents is 1. The zero-order chi connectivity index (χ0) is 31.3. The maximum atomic E-state index is 14.8. The van der Waals surface area contributed by atoms with Gasteiger partial charge in [-0.15, -0.1) is 0 Å². The Balaban J connectivity index is 1.79. The van der Waals surface area contributed by atoms with Gasteiger partial charge in [-0.25, -0.2) is 0 Å². The van der Waals surface area contributed by atoms with Gasteiger partial charge in [0.05, 0.1) is 23.7 Å². The first-order valence-electron chi connectivity index (χ1n) is 16.6. The Morgan fingerprint density at radius 3 is 1.81 bits per heavy atom. The number of piperazine rings is 1. The van der Waals surface area contributed by atoms with E-state index in [4.69, 9.17) is 0 Å². The van der Waals surface area contributed by atoms with E-state index >= 15 is 0 Å². The summed E-state index contributed by atoms with van der Waals surface area (Å²) in [5.41, 5.74) is 1.02. The van der Waals surface area contributed by atoms with Gasteiger partial charge < -0.3 is 15.7 Å². The maximum absolute atomic E-state index is 14.8. The molecule has 1 saturated heterocycles. The second-order valence-corrected chi connectivity index (χ2v) is 16.6. The highest BCUT2D eigenvalue weighted by atomic mass is 16.3. The molecule has 1 atom stereocenters. The highest BCUT2D eigenvalue weighted by Gasteiger charge is 2.56. The zero-order valence-corrected chi connectivity index (χ0v) is 28.3. The second-order valence-electron chi connectivity index (χ2n) is 16.6.